The molecule has 1 aliphatic rings. The van der Waals surface area contributed by atoms with E-state index in [-0.39, 0.29) is 10.8 Å². The summed E-state index contributed by atoms with van der Waals surface area (Å²) in [6, 6.07) is 6.57. The molecule has 0 atom stereocenters. The summed E-state index contributed by atoms with van der Waals surface area (Å²) in [5.74, 6) is 0.203. The van der Waals surface area contributed by atoms with Gasteiger partial charge in [-0.1, -0.05) is 13.3 Å². The summed E-state index contributed by atoms with van der Waals surface area (Å²) in [4.78, 5) is 14.7. The first-order valence-corrected chi connectivity index (χ1v) is 12.3. The predicted octanol–water partition coefficient (Wildman–Crippen LogP) is 4.44. The number of thiophene rings is 1. The van der Waals surface area contributed by atoms with Crippen LogP contribution < -0.4 is 10.1 Å². The second kappa shape index (κ2) is 9.28. The van der Waals surface area contributed by atoms with Gasteiger partial charge in [-0.3, -0.25) is 4.79 Å². The fourth-order valence-electron chi connectivity index (χ4n) is 3.47. The number of rotatable bonds is 7. The first-order chi connectivity index (χ1) is 13.9. The highest BCUT2D eigenvalue weighted by Crippen LogP contribution is 2.31. The average molecular weight is 437 g/mol. The van der Waals surface area contributed by atoms with E-state index in [9.17, 15) is 13.2 Å². The molecule has 0 aliphatic carbocycles. The number of benzene rings is 1. The Morgan fingerprint density at radius 1 is 1.17 bits per heavy atom. The molecule has 2 aromatic rings. The lowest BCUT2D eigenvalue weighted by Gasteiger charge is -2.26. The molecule has 2 heterocycles. The monoisotopic (exact) mass is 436 g/mol. The molecule has 1 saturated heterocycles. The molecular weight excluding hydrogens is 408 g/mol. The first kappa shape index (κ1) is 21.8. The Hall–Kier alpha value is -1.90. The maximum Gasteiger partial charge on any atom is 0.265 e. The van der Waals surface area contributed by atoms with Gasteiger partial charge in [-0.25, -0.2) is 8.42 Å². The number of nitrogens with zero attached hydrogens (tertiary/aromatic N) is 1. The van der Waals surface area contributed by atoms with Crippen molar-refractivity contribution in [1.82, 2.24) is 4.31 Å². The largest absolute Gasteiger partial charge is 0.492 e. The van der Waals surface area contributed by atoms with Crippen molar-refractivity contribution >= 4 is 33.0 Å². The fourth-order valence-corrected chi connectivity index (χ4v) is 6.02. The predicted molar refractivity (Wildman–Crippen MR) is 117 cm³/mol. The zero-order valence-electron chi connectivity index (χ0n) is 17.2. The lowest BCUT2D eigenvalue weighted by atomic mass is 10.2. The van der Waals surface area contributed by atoms with Gasteiger partial charge in [-0.15, -0.1) is 11.3 Å². The van der Waals surface area contributed by atoms with E-state index in [4.69, 9.17) is 4.74 Å². The molecule has 8 heteroatoms. The summed E-state index contributed by atoms with van der Waals surface area (Å²) < 4.78 is 33.2. The number of aryl methyl sites for hydroxylation is 2. The Labute approximate surface area is 176 Å². The minimum absolute atomic E-state index is 0.176. The molecule has 1 aromatic heterocycles. The number of ether oxygens (including phenoxy) is 1. The van der Waals surface area contributed by atoms with Gasteiger partial charge < -0.3 is 10.1 Å². The SMILES string of the molecule is CCOc1ccc(S(=O)(=O)N2CCCCC2)cc1NC(=O)c1cc(CC)c(C)s1. The van der Waals surface area contributed by atoms with Crippen LogP contribution in [0.1, 0.15) is 53.2 Å². The second-order valence-corrected chi connectivity index (χ2v) is 10.2. The lowest BCUT2D eigenvalue weighted by Crippen LogP contribution is -2.35. The summed E-state index contributed by atoms with van der Waals surface area (Å²) in [7, 11) is -3.59. The van der Waals surface area contributed by atoms with Crippen LogP contribution in [0.3, 0.4) is 0 Å². The molecule has 158 valence electrons. The van der Waals surface area contributed by atoms with E-state index in [2.05, 4.69) is 12.2 Å². The van der Waals surface area contributed by atoms with Crippen LogP contribution in [0.25, 0.3) is 0 Å². The highest BCUT2D eigenvalue weighted by atomic mass is 32.2. The Bertz CT molecular complexity index is 977. The highest BCUT2D eigenvalue weighted by molar-refractivity contribution is 7.89. The molecule has 1 aliphatic heterocycles. The van der Waals surface area contributed by atoms with Gasteiger partial charge in [-0.2, -0.15) is 4.31 Å². The van der Waals surface area contributed by atoms with Crippen molar-refractivity contribution in [3.05, 3.63) is 39.6 Å². The van der Waals surface area contributed by atoms with E-state index in [1.165, 1.54) is 21.7 Å². The van der Waals surface area contributed by atoms with Gasteiger partial charge in [0.05, 0.1) is 22.1 Å². The van der Waals surface area contributed by atoms with Gasteiger partial charge in [0.1, 0.15) is 5.75 Å². The highest BCUT2D eigenvalue weighted by Gasteiger charge is 2.27. The van der Waals surface area contributed by atoms with Gasteiger partial charge in [-0.05, 0) is 62.9 Å². The number of nitrogens with one attached hydrogen (secondary N) is 1. The van der Waals surface area contributed by atoms with Gasteiger partial charge in [0.2, 0.25) is 10.0 Å². The second-order valence-electron chi connectivity index (χ2n) is 7.06. The number of anilines is 1. The molecule has 3 rings (SSSR count). The van der Waals surface area contributed by atoms with Crippen molar-refractivity contribution in [2.24, 2.45) is 0 Å². The Morgan fingerprint density at radius 2 is 1.90 bits per heavy atom. The molecule has 0 radical (unpaired) electrons. The number of amides is 1. The maximum atomic E-state index is 13.0. The summed E-state index contributed by atoms with van der Waals surface area (Å²) in [5.41, 5.74) is 1.52. The van der Waals surface area contributed by atoms with Crippen LogP contribution in [-0.2, 0) is 16.4 Å². The zero-order chi connectivity index (χ0) is 21.0. The quantitative estimate of drug-likeness (QED) is 0.696. The van der Waals surface area contributed by atoms with Crippen molar-refractivity contribution in [3.8, 4) is 5.75 Å². The van der Waals surface area contributed by atoms with Crippen LogP contribution in [0, 0.1) is 6.92 Å². The van der Waals surface area contributed by atoms with E-state index >= 15 is 0 Å². The number of piperidine rings is 1. The maximum absolute atomic E-state index is 13.0. The number of sulfonamides is 1. The first-order valence-electron chi connectivity index (χ1n) is 10.0. The van der Waals surface area contributed by atoms with E-state index < -0.39 is 10.0 Å². The minimum atomic E-state index is -3.59. The van der Waals surface area contributed by atoms with Gasteiger partial charge in [0.25, 0.3) is 5.91 Å². The minimum Gasteiger partial charge on any atom is -0.492 e. The number of carbonyl (C=O) groups is 1. The molecule has 0 bridgehead atoms. The lowest BCUT2D eigenvalue weighted by molar-refractivity contribution is 0.103. The molecule has 0 spiro atoms. The molecule has 1 aromatic carbocycles. The van der Waals surface area contributed by atoms with Crippen molar-refractivity contribution < 1.29 is 17.9 Å². The van der Waals surface area contributed by atoms with Crippen LogP contribution in [0.15, 0.2) is 29.2 Å². The molecule has 6 nitrogen and oxygen atoms in total. The molecule has 29 heavy (non-hydrogen) atoms. The fraction of sp³-hybridized carbons (Fsp3) is 0.476. The summed E-state index contributed by atoms with van der Waals surface area (Å²) >= 11 is 1.44. The van der Waals surface area contributed by atoms with E-state index in [1.54, 1.807) is 12.1 Å². The van der Waals surface area contributed by atoms with Crippen LogP contribution in [-0.4, -0.2) is 38.3 Å². The van der Waals surface area contributed by atoms with Crippen LogP contribution >= 0.6 is 11.3 Å². The molecule has 1 fully saturated rings. The van der Waals surface area contributed by atoms with Crippen molar-refractivity contribution in [2.75, 3.05) is 25.0 Å². The zero-order valence-corrected chi connectivity index (χ0v) is 18.8. The van der Waals surface area contributed by atoms with Crippen LogP contribution in [0.5, 0.6) is 5.75 Å². The summed E-state index contributed by atoms with van der Waals surface area (Å²) in [5, 5.41) is 2.86. The van der Waals surface area contributed by atoms with E-state index in [1.807, 2.05) is 19.9 Å². The van der Waals surface area contributed by atoms with Crippen LogP contribution in [0.2, 0.25) is 0 Å². The third kappa shape index (κ3) is 4.82. The van der Waals surface area contributed by atoms with Gasteiger partial charge in [0.15, 0.2) is 0 Å². The summed E-state index contributed by atoms with van der Waals surface area (Å²) in [6.07, 6.45) is 3.66. The topological polar surface area (TPSA) is 75.7 Å². The molecular formula is C21H28N2O4S2. The number of hydrogen-bond donors (Lipinski definition) is 1. The van der Waals surface area contributed by atoms with Crippen LogP contribution in [0.4, 0.5) is 5.69 Å². The molecule has 0 saturated carbocycles. The Morgan fingerprint density at radius 3 is 2.52 bits per heavy atom. The third-order valence-electron chi connectivity index (χ3n) is 5.08. The normalized spacial score (nSPS) is 15.3. The van der Waals surface area contributed by atoms with Gasteiger partial charge in [0, 0.05) is 18.0 Å². The van der Waals surface area contributed by atoms with Crippen molar-refractivity contribution in [2.45, 2.75) is 51.3 Å². The molecule has 1 N–H and O–H groups in total. The average Bonchev–Trinajstić information content (AvgIpc) is 3.11. The Kier molecular flexibility index (Phi) is 6.97. The smallest absolute Gasteiger partial charge is 0.265 e. The number of carbonyl (C=O) groups excluding carboxylic acids is 1. The molecule has 1 amide bonds. The Balaban J connectivity index is 1.91. The third-order valence-corrected chi connectivity index (χ3v) is 8.06. The van der Waals surface area contributed by atoms with Gasteiger partial charge >= 0.3 is 0 Å². The summed E-state index contributed by atoms with van der Waals surface area (Å²) in [6.45, 7) is 7.38. The van der Waals surface area contributed by atoms with E-state index in [0.29, 0.717) is 36.0 Å². The standard InChI is InChI=1S/C21H28N2O4S2/c1-4-16-13-20(28-15(16)3)21(24)22-18-14-17(9-10-19(18)27-5-2)29(25,26)23-11-7-6-8-12-23/h9-10,13-14H,4-8,11-12H2,1-3H3,(H,22,24). The van der Waals surface area contributed by atoms with Crippen molar-refractivity contribution in [1.29, 1.82) is 0 Å². The number of hydrogen-bond acceptors (Lipinski definition) is 5. The van der Waals surface area contributed by atoms with Crippen molar-refractivity contribution in [3.63, 3.8) is 0 Å². The van der Waals surface area contributed by atoms with E-state index in [0.717, 1.165) is 36.1 Å². The molecule has 0 unspecified atom stereocenters.